The summed E-state index contributed by atoms with van der Waals surface area (Å²) in [6.07, 6.45) is 7.02. The average molecular weight is 224 g/mol. The van der Waals surface area contributed by atoms with Gasteiger partial charge in [0.2, 0.25) is 0 Å². The van der Waals surface area contributed by atoms with E-state index in [1.807, 2.05) is 0 Å². The Hall–Kier alpha value is -0.0800. The minimum absolute atomic E-state index is 0.572. The summed E-state index contributed by atoms with van der Waals surface area (Å²) in [7, 11) is 0. The van der Waals surface area contributed by atoms with Crippen LogP contribution in [0.5, 0.6) is 0 Å². The zero-order valence-electron chi connectivity index (χ0n) is 11.3. The summed E-state index contributed by atoms with van der Waals surface area (Å²) in [6, 6.07) is 1.66. The molecule has 2 atom stereocenters. The topological polar surface area (TPSA) is 15.3 Å². The van der Waals surface area contributed by atoms with Crippen LogP contribution in [0.4, 0.5) is 0 Å². The van der Waals surface area contributed by atoms with Crippen LogP contribution in [0.1, 0.15) is 52.9 Å². The molecule has 1 saturated carbocycles. The molecule has 1 N–H and O–H groups in total. The summed E-state index contributed by atoms with van der Waals surface area (Å²) in [4.78, 5) is 2.78. The van der Waals surface area contributed by atoms with Gasteiger partial charge in [0.05, 0.1) is 0 Å². The average Bonchev–Trinajstić information content (AvgIpc) is 2.71. The molecule has 2 aliphatic rings. The van der Waals surface area contributed by atoms with Crippen LogP contribution in [0.25, 0.3) is 0 Å². The third kappa shape index (κ3) is 2.78. The smallest absolute Gasteiger partial charge is 0.0235 e. The third-order valence-corrected chi connectivity index (χ3v) is 4.52. The summed E-state index contributed by atoms with van der Waals surface area (Å²) in [5.74, 6) is 0. The maximum Gasteiger partial charge on any atom is 0.0235 e. The molecular formula is C14H28N2. The fourth-order valence-corrected chi connectivity index (χ4v) is 3.68. The van der Waals surface area contributed by atoms with Crippen molar-refractivity contribution >= 4 is 0 Å². The fourth-order valence-electron chi connectivity index (χ4n) is 3.68. The first-order valence-electron chi connectivity index (χ1n) is 7.09. The number of rotatable bonds is 3. The van der Waals surface area contributed by atoms with Gasteiger partial charge in [-0.15, -0.1) is 0 Å². The second kappa shape index (κ2) is 5.05. The van der Waals surface area contributed by atoms with Crippen LogP contribution >= 0.6 is 0 Å². The van der Waals surface area contributed by atoms with Crippen molar-refractivity contribution in [3.8, 4) is 0 Å². The van der Waals surface area contributed by atoms with E-state index >= 15 is 0 Å². The number of hydrogen-bond donors (Lipinski definition) is 1. The van der Waals surface area contributed by atoms with E-state index in [2.05, 4.69) is 31.0 Å². The van der Waals surface area contributed by atoms with Gasteiger partial charge in [-0.25, -0.2) is 0 Å². The van der Waals surface area contributed by atoms with E-state index in [0.29, 0.717) is 5.41 Å². The zero-order chi connectivity index (χ0) is 11.6. The summed E-state index contributed by atoms with van der Waals surface area (Å²) < 4.78 is 0. The van der Waals surface area contributed by atoms with Crippen molar-refractivity contribution in [3.05, 3.63) is 0 Å². The van der Waals surface area contributed by atoms with Gasteiger partial charge in [0.1, 0.15) is 0 Å². The van der Waals surface area contributed by atoms with E-state index in [1.54, 1.807) is 0 Å². The lowest BCUT2D eigenvalue weighted by Gasteiger charge is -2.43. The second-order valence-corrected chi connectivity index (χ2v) is 6.39. The molecule has 0 spiro atoms. The SMILES string of the molecule is CCN(C1CCNC1)C1CCCC(C)(C)C1. The maximum absolute atomic E-state index is 3.51. The van der Waals surface area contributed by atoms with Crippen LogP contribution in [0.15, 0.2) is 0 Å². The van der Waals surface area contributed by atoms with E-state index < -0.39 is 0 Å². The first kappa shape index (κ1) is 12.4. The van der Waals surface area contributed by atoms with Gasteiger partial charge in [-0.3, -0.25) is 4.90 Å². The van der Waals surface area contributed by atoms with Gasteiger partial charge in [-0.1, -0.05) is 27.2 Å². The minimum atomic E-state index is 0.572. The third-order valence-electron chi connectivity index (χ3n) is 4.52. The van der Waals surface area contributed by atoms with Gasteiger partial charge in [0.25, 0.3) is 0 Å². The van der Waals surface area contributed by atoms with Crippen molar-refractivity contribution in [2.75, 3.05) is 19.6 Å². The molecule has 0 bridgehead atoms. The molecule has 0 radical (unpaired) electrons. The highest BCUT2D eigenvalue weighted by Gasteiger charge is 2.34. The summed E-state index contributed by atoms with van der Waals surface area (Å²) in [5.41, 5.74) is 0.572. The highest BCUT2D eigenvalue weighted by atomic mass is 15.2. The van der Waals surface area contributed by atoms with Gasteiger partial charge >= 0.3 is 0 Å². The number of nitrogens with zero attached hydrogens (tertiary/aromatic N) is 1. The van der Waals surface area contributed by atoms with Crippen molar-refractivity contribution in [2.24, 2.45) is 5.41 Å². The second-order valence-electron chi connectivity index (χ2n) is 6.39. The zero-order valence-corrected chi connectivity index (χ0v) is 11.3. The van der Waals surface area contributed by atoms with E-state index in [0.717, 1.165) is 12.1 Å². The molecule has 0 aromatic heterocycles. The first-order valence-corrected chi connectivity index (χ1v) is 7.09. The fraction of sp³-hybridized carbons (Fsp3) is 1.00. The van der Waals surface area contributed by atoms with E-state index in [9.17, 15) is 0 Å². The Morgan fingerprint density at radius 2 is 2.06 bits per heavy atom. The van der Waals surface area contributed by atoms with Gasteiger partial charge in [-0.2, -0.15) is 0 Å². The molecule has 16 heavy (non-hydrogen) atoms. The number of nitrogens with one attached hydrogen (secondary N) is 1. The predicted molar refractivity (Wildman–Crippen MR) is 69.7 cm³/mol. The van der Waals surface area contributed by atoms with Crippen LogP contribution in [0.3, 0.4) is 0 Å². The Morgan fingerprint density at radius 1 is 1.25 bits per heavy atom. The predicted octanol–water partition coefficient (Wildman–Crippen LogP) is 2.64. The molecule has 0 aromatic carbocycles. The highest BCUT2D eigenvalue weighted by Crippen LogP contribution is 2.38. The molecule has 0 aromatic rings. The molecule has 2 fully saturated rings. The molecule has 2 unspecified atom stereocenters. The molecule has 0 amide bonds. The van der Waals surface area contributed by atoms with Crippen molar-refractivity contribution in [1.29, 1.82) is 0 Å². The standard InChI is InChI=1S/C14H28N2/c1-4-16(13-7-9-15-11-13)12-6-5-8-14(2,3)10-12/h12-13,15H,4-11H2,1-3H3. The minimum Gasteiger partial charge on any atom is -0.315 e. The van der Waals surface area contributed by atoms with Crippen molar-refractivity contribution < 1.29 is 0 Å². The monoisotopic (exact) mass is 224 g/mol. The maximum atomic E-state index is 3.51. The molecule has 94 valence electrons. The molecule has 2 nitrogen and oxygen atoms in total. The Bertz CT molecular complexity index is 219. The molecule has 2 heteroatoms. The van der Waals surface area contributed by atoms with Crippen LogP contribution < -0.4 is 5.32 Å². The quantitative estimate of drug-likeness (QED) is 0.793. The van der Waals surface area contributed by atoms with Crippen molar-refractivity contribution in [3.63, 3.8) is 0 Å². The van der Waals surface area contributed by atoms with Crippen LogP contribution in [0.2, 0.25) is 0 Å². The Morgan fingerprint density at radius 3 is 2.62 bits per heavy atom. The van der Waals surface area contributed by atoms with Crippen LogP contribution in [-0.4, -0.2) is 36.6 Å². The van der Waals surface area contributed by atoms with Crippen molar-refractivity contribution in [1.82, 2.24) is 10.2 Å². The van der Waals surface area contributed by atoms with Crippen LogP contribution in [0, 0.1) is 5.41 Å². The first-order chi connectivity index (χ1) is 7.62. The molecule has 1 saturated heterocycles. The summed E-state index contributed by atoms with van der Waals surface area (Å²) in [6.45, 7) is 10.9. The van der Waals surface area contributed by atoms with Gasteiger partial charge in [0, 0.05) is 18.6 Å². The van der Waals surface area contributed by atoms with Gasteiger partial charge < -0.3 is 5.32 Å². The lowest BCUT2D eigenvalue weighted by atomic mass is 9.74. The number of likely N-dealkylation sites (N-methyl/N-ethyl adjacent to an activating group) is 1. The Balaban J connectivity index is 1.97. The van der Waals surface area contributed by atoms with Gasteiger partial charge in [0.15, 0.2) is 0 Å². The summed E-state index contributed by atoms with van der Waals surface area (Å²) in [5, 5.41) is 3.51. The molecule has 1 aliphatic carbocycles. The Labute approximate surface area is 101 Å². The normalized spacial score (nSPS) is 34.5. The number of hydrogen-bond acceptors (Lipinski definition) is 2. The molecule has 1 aliphatic heterocycles. The highest BCUT2D eigenvalue weighted by molar-refractivity contribution is 4.90. The molecule has 2 rings (SSSR count). The Kier molecular flexibility index (Phi) is 3.91. The molecule has 1 heterocycles. The van der Waals surface area contributed by atoms with Crippen molar-refractivity contribution in [2.45, 2.75) is 65.0 Å². The molecular weight excluding hydrogens is 196 g/mol. The van der Waals surface area contributed by atoms with E-state index in [4.69, 9.17) is 0 Å². The summed E-state index contributed by atoms with van der Waals surface area (Å²) >= 11 is 0. The van der Waals surface area contributed by atoms with Crippen LogP contribution in [-0.2, 0) is 0 Å². The lowest BCUT2D eigenvalue weighted by molar-refractivity contribution is 0.0705. The van der Waals surface area contributed by atoms with E-state index in [-0.39, 0.29) is 0 Å². The largest absolute Gasteiger partial charge is 0.315 e. The lowest BCUT2D eigenvalue weighted by Crippen LogP contribution is -2.47. The van der Waals surface area contributed by atoms with Gasteiger partial charge in [-0.05, 0) is 44.2 Å². The van der Waals surface area contributed by atoms with E-state index in [1.165, 1.54) is 51.7 Å².